The molecule has 0 atom stereocenters. The Hall–Kier alpha value is -5.27. The third-order valence-electron chi connectivity index (χ3n) is 5.98. The van der Waals surface area contributed by atoms with Crippen LogP contribution in [0.25, 0.3) is 21.5 Å². The van der Waals surface area contributed by atoms with E-state index in [1.54, 1.807) is 44.6 Å². The second-order valence-electron chi connectivity index (χ2n) is 7.99. The molecule has 180 valence electrons. The van der Waals surface area contributed by atoms with Crippen molar-refractivity contribution in [3.8, 4) is 46.6 Å². The molecule has 0 fully saturated rings. The predicted molar refractivity (Wildman–Crippen MR) is 137 cm³/mol. The molecule has 0 bridgehead atoms. The van der Waals surface area contributed by atoms with Crippen molar-refractivity contribution in [2.24, 2.45) is 0 Å². The summed E-state index contributed by atoms with van der Waals surface area (Å²) in [4.78, 5) is 0. The standard InChI is InChI=1S/C30H19FN2O4/c1-34-24-11-13-26(21-9-5-3-7-19(21)24)36-28-15-18(16-32)23(17-33)29(31)30(28)37-27-14-12-25(35-2)20-8-4-6-10-22(20)27/h3-15H,1-2H3. The summed E-state index contributed by atoms with van der Waals surface area (Å²) in [6.07, 6.45) is 0. The number of methoxy groups -OCH3 is 2. The van der Waals surface area contributed by atoms with E-state index in [0.29, 0.717) is 33.8 Å². The van der Waals surface area contributed by atoms with Gasteiger partial charge in [0, 0.05) is 27.6 Å². The monoisotopic (exact) mass is 490 g/mol. The van der Waals surface area contributed by atoms with Crippen molar-refractivity contribution >= 4 is 21.5 Å². The van der Waals surface area contributed by atoms with E-state index in [0.717, 1.165) is 10.8 Å². The highest BCUT2D eigenvalue weighted by atomic mass is 19.1. The number of fused-ring (bicyclic) bond motifs is 2. The quantitative estimate of drug-likeness (QED) is 0.245. The molecule has 37 heavy (non-hydrogen) atoms. The molecule has 0 spiro atoms. The summed E-state index contributed by atoms with van der Waals surface area (Å²) in [7, 11) is 3.13. The van der Waals surface area contributed by atoms with Gasteiger partial charge >= 0.3 is 0 Å². The van der Waals surface area contributed by atoms with Crippen molar-refractivity contribution in [2.45, 2.75) is 0 Å². The maximum absolute atomic E-state index is 15.7. The van der Waals surface area contributed by atoms with E-state index < -0.39 is 11.4 Å². The number of hydrogen-bond acceptors (Lipinski definition) is 6. The first kappa shape index (κ1) is 23.5. The molecule has 5 rings (SSSR count). The van der Waals surface area contributed by atoms with Gasteiger partial charge in [0.25, 0.3) is 0 Å². The maximum Gasteiger partial charge on any atom is 0.207 e. The molecule has 0 radical (unpaired) electrons. The zero-order valence-electron chi connectivity index (χ0n) is 19.9. The number of ether oxygens (including phenoxy) is 4. The Balaban J connectivity index is 1.70. The summed E-state index contributed by atoms with van der Waals surface area (Å²) < 4.78 is 38.9. The fourth-order valence-electron chi connectivity index (χ4n) is 4.23. The highest BCUT2D eigenvalue weighted by Crippen LogP contribution is 2.44. The van der Waals surface area contributed by atoms with Gasteiger partial charge in [-0.05, 0) is 24.3 Å². The van der Waals surface area contributed by atoms with Crippen LogP contribution in [0.1, 0.15) is 11.1 Å². The molecule has 0 heterocycles. The van der Waals surface area contributed by atoms with Crippen molar-refractivity contribution in [3.63, 3.8) is 0 Å². The van der Waals surface area contributed by atoms with Crippen LogP contribution in [0.4, 0.5) is 4.39 Å². The normalized spacial score (nSPS) is 10.5. The minimum Gasteiger partial charge on any atom is -0.496 e. The Morgan fingerprint density at radius 3 is 1.51 bits per heavy atom. The van der Waals surface area contributed by atoms with Gasteiger partial charge in [0.15, 0.2) is 11.6 Å². The molecule has 6 nitrogen and oxygen atoms in total. The lowest BCUT2D eigenvalue weighted by atomic mass is 10.1. The number of benzene rings is 5. The van der Waals surface area contributed by atoms with Crippen molar-refractivity contribution in [1.29, 1.82) is 10.5 Å². The van der Waals surface area contributed by atoms with Crippen molar-refractivity contribution in [2.75, 3.05) is 14.2 Å². The average Bonchev–Trinajstić information content (AvgIpc) is 2.94. The second-order valence-corrected chi connectivity index (χ2v) is 7.99. The zero-order chi connectivity index (χ0) is 25.9. The van der Waals surface area contributed by atoms with Crippen LogP contribution in [0.5, 0.6) is 34.5 Å². The number of hydrogen-bond donors (Lipinski definition) is 0. The van der Waals surface area contributed by atoms with Crippen LogP contribution in [-0.2, 0) is 0 Å². The van der Waals surface area contributed by atoms with Gasteiger partial charge in [-0.25, -0.2) is 4.39 Å². The van der Waals surface area contributed by atoms with E-state index in [2.05, 4.69) is 0 Å². The van der Waals surface area contributed by atoms with Crippen LogP contribution in [0.2, 0.25) is 0 Å². The minimum atomic E-state index is -0.991. The molecular weight excluding hydrogens is 471 g/mol. The lowest BCUT2D eigenvalue weighted by Gasteiger charge is -2.18. The Kier molecular flexibility index (Phi) is 6.20. The van der Waals surface area contributed by atoms with Crippen molar-refractivity contribution < 1.29 is 23.3 Å². The number of rotatable bonds is 6. The highest BCUT2D eigenvalue weighted by molar-refractivity contribution is 5.94. The number of nitrogens with zero attached hydrogens (tertiary/aromatic N) is 2. The first-order valence-corrected chi connectivity index (χ1v) is 11.2. The third kappa shape index (κ3) is 4.09. The Bertz CT molecular complexity index is 1750. The smallest absolute Gasteiger partial charge is 0.207 e. The molecular formula is C30H19FN2O4. The summed E-state index contributed by atoms with van der Waals surface area (Å²) in [5, 5.41) is 22.1. The van der Waals surface area contributed by atoms with E-state index in [1.807, 2.05) is 54.6 Å². The molecule has 0 aromatic heterocycles. The number of nitriles is 2. The van der Waals surface area contributed by atoms with E-state index in [4.69, 9.17) is 18.9 Å². The van der Waals surface area contributed by atoms with Crippen LogP contribution in [-0.4, -0.2) is 14.2 Å². The summed E-state index contributed by atoms with van der Waals surface area (Å²) in [5.41, 5.74) is -0.595. The van der Waals surface area contributed by atoms with Gasteiger partial charge in [-0.1, -0.05) is 48.5 Å². The zero-order valence-corrected chi connectivity index (χ0v) is 19.9. The van der Waals surface area contributed by atoms with Crippen LogP contribution in [0, 0.1) is 28.5 Å². The summed E-state index contributed by atoms with van der Waals surface area (Å²) in [5.74, 6) is 0.639. The summed E-state index contributed by atoms with van der Waals surface area (Å²) in [6, 6.07) is 26.5. The molecule has 0 saturated heterocycles. The van der Waals surface area contributed by atoms with E-state index in [-0.39, 0.29) is 17.1 Å². The lowest BCUT2D eigenvalue weighted by molar-refractivity contribution is 0.395. The first-order valence-electron chi connectivity index (χ1n) is 11.2. The van der Waals surface area contributed by atoms with E-state index >= 15 is 4.39 Å². The van der Waals surface area contributed by atoms with Gasteiger partial charge in [-0.2, -0.15) is 10.5 Å². The molecule has 0 aliphatic rings. The SMILES string of the molecule is COc1ccc(Oc2cc(C#N)c(C#N)c(F)c2Oc2ccc(OC)c3ccccc23)c2ccccc12. The van der Waals surface area contributed by atoms with Gasteiger partial charge in [-0.15, -0.1) is 0 Å². The molecule has 5 aromatic rings. The molecule has 0 unspecified atom stereocenters. The summed E-state index contributed by atoms with van der Waals surface area (Å²) in [6.45, 7) is 0. The van der Waals surface area contributed by atoms with Gasteiger partial charge in [-0.3, -0.25) is 0 Å². The highest BCUT2D eigenvalue weighted by Gasteiger charge is 2.24. The van der Waals surface area contributed by atoms with Crippen molar-refractivity contribution in [1.82, 2.24) is 0 Å². The molecule has 0 aliphatic carbocycles. The van der Waals surface area contributed by atoms with Crippen molar-refractivity contribution in [3.05, 3.63) is 95.8 Å². The lowest BCUT2D eigenvalue weighted by Crippen LogP contribution is -2.00. The topological polar surface area (TPSA) is 84.5 Å². The third-order valence-corrected chi connectivity index (χ3v) is 5.98. The van der Waals surface area contributed by atoms with Gasteiger partial charge in [0.2, 0.25) is 5.75 Å². The first-order chi connectivity index (χ1) is 18.1. The Labute approximate surface area is 212 Å². The van der Waals surface area contributed by atoms with E-state index in [9.17, 15) is 10.5 Å². The van der Waals surface area contributed by atoms with E-state index in [1.165, 1.54) is 6.07 Å². The van der Waals surface area contributed by atoms with Gasteiger partial charge in [0.05, 0.1) is 19.8 Å². The van der Waals surface area contributed by atoms with Gasteiger partial charge in [0.1, 0.15) is 40.7 Å². The summed E-state index contributed by atoms with van der Waals surface area (Å²) >= 11 is 0. The predicted octanol–water partition coefficient (Wildman–Crippen LogP) is 7.48. The molecule has 0 N–H and O–H groups in total. The van der Waals surface area contributed by atoms with Crippen LogP contribution >= 0.6 is 0 Å². The number of halogens is 1. The molecule has 5 aromatic carbocycles. The Morgan fingerprint density at radius 1 is 0.595 bits per heavy atom. The Morgan fingerprint density at radius 2 is 1.05 bits per heavy atom. The molecule has 0 aliphatic heterocycles. The maximum atomic E-state index is 15.7. The van der Waals surface area contributed by atoms with Crippen LogP contribution in [0.3, 0.4) is 0 Å². The van der Waals surface area contributed by atoms with Gasteiger partial charge < -0.3 is 18.9 Å². The minimum absolute atomic E-state index is 0.0525. The average molecular weight is 490 g/mol. The molecule has 7 heteroatoms. The van der Waals surface area contributed by atoms with Crippen LogP contribution in [0.15, 0.2) is 78.9 Å². The largest absolute Gasteiger partial charge is 0.496 e. The molecule has 0 saturated carbocycles. The second kappa shape index (κ2) is 9.77. The fraction of sp³-hybridized carbons (Fsp3) is 0.0667. The molecule has 0 amide bonds. The fourth-order valence-corrected chi connectivity index (χ4v) is 4.23. The van der Waals surface area contributed by atoms with Crippen LogP contribution < -0.4 is 18.9 Å².